The number of aryl methyl sites for hydroxylation is 6. The molecule has 448 valence electrons. The van der Waals surface area contributed by atoms with Crippen LogP contribution in [0.3, 0.4) is 0 Å². The molecule has 6 aromatic carbocycles. The number of imidazole rings is 2. The number of nitriles is 2. The molecule has 0 saturated heterocycles. The number of hydrogen-bond donors (Lipinski definition) is 2. The Labute approximate surface area is 507 Å². The number of benzene rings is 6. The van der Waals surface area contributed by atoms with Crippen LogP contribution in [-0.2, 0) is 54.1 Å². The monoisotopic (exact) mass is 1230 g/mol. The van der Waals surface area contributed by atoms with E-state index in [1.807, 2.05) is 107 Å². The van der Waals surface area contributed by atoms with Crippen molar-refractivity contribution in [3.63, 3.8) is 0 Å². The maximum absolute atomic E-state index is 13.8. The summed E-state index contributed by atoms with van der Waals surface area (Å²) in [6.07, 6.45) is 3.21. The van der Waals surface area contributed by atoms with E-state index in [-0.39, 0.29) is 23.3 Å². The van der Waals surface area contributed by atoms with E-state index in [9.17, 15) is 27.4 Å². The van der Waals surface area contributed by atoms with Gasteiger partial charge in [0.1, 0.15) is 25.1 Å². The van der Waals surface area contributed by atoms with Gasteiger partial charge in [-0.2, -0.15) is 10.5 Å². The molecule has 0 fully saturated rings. The van der Waals surface area contributed by atoms with Crippen molar-refractivity contribution in [2.45, 2.75) is 141 Å². The summed E-state index contributed by atoms with van der Waals surface area (Å²) >= 11 is 0. The highest BCUT2D eigenvalue weighted by Gasteiger charge is 2.38. The van der Waals surface area contributed by atoms with Crippen LogP contribution in [0.2, 0.25) is 51.4 Å². The molecule has 0 spiro atoms. The number of rotatable bonds is 18. The van der Waals surface area contributed by atoms with Crippen LogP contribution in [0.15, 0.2) is 131 Å². The molecule has 0 aliphatic heterocycles. The molecule has 10 aromatic rings. The first-order valence-corrected chi connectivity index (χ1v) is 39.0. The number of nitrogens with zero attached hydrogens (tertiary/aromatic N) is 8. The van der Waals surface area contributed by atoms with Crippen molar-refractivity contribution in [2.75, 3.05) is 13.2 Å². The van der Waals surface area contributed by atoms with E-state index < -0.39 is 47.3 Å². The van der Waals surface area contributed by atoms with E-state index in [0.29, 0.717) is 58.1 Å². The van der Waals surface area contributed by atoms with Crippen LogP contribution in [0.5, 0.6) is 0 Å². The third-order valence-corrected chi connectivity index (χ3v) is 22.7. The van der Waals surface area contributed by atoms with Crippen LogP contribution in [0.4, 0.5) is 0 Å². The quantitative estimate of drug-likeness (QED) is 0.0603. The molecule has 10 rings (SSSR count). The minimum atomic E-state index is -3.86. The zero-order valence-electron chi connectivity index (χ0n) is 51.8. The van der Waals surface area contributed by atoms with Gasteiger partial charge in [0.05, 0.1) is 77.2 Å². The van der Waals surface area contributed by atoms with Crippen molar-refractivity contribution < 1.29 is 26.3 Å². The van der Waals surface area contributed by atoms with Crippen molar-refractivity contribution in [1.82, 2.24) is 27.0 Å². The Balaban J connectivity index is 0.000000205. The topological polar surface area (TPSA) is 232 Å². The summed E-state index contributed by atoms with van der Waals surface area (Å²) in [6, 6.07) is 38.6. The number of aromatic nitrogens is 6. The van der Waals surface area contributed by atoms with Crippen molar-refractivity contribution in [3.05, 3.63) is 189 Å². The van der Waals surface area contributed by atoms with Crippen molar-refractivity contribution >= 4 is 80.1 Å². The maximum Gasteiger partial charge on any atom is 0.268 e. The van der Waals surface area contributed by atoms with Crippen molar-refractivity contribution in [2.24, 2.45) is 11.5 Å². The predicted molar refractivity (Wildman–Crippen MR) is 349 cm³/mol. The summed E-state index contributed by atoms with van der Waals surface area (Å²) in [5, 5.41) is 20.6. The van der Waals surface area contributed by atoms with Crippen LogP contribution in [0.1, 0.15) is 81.1 Å². The molecule has 86 heavy (non-hydrogen) atoms. The minimum absolute atomic E-state index is 0.221. The van der Waals surface area contributed by atoms with Gasteiger partial charge in [0, 0.05) is 52.5 Å². The molecule has 4 heterocycles. The van der Waals surface area contributed by atoms with Crippen LogP contribution in [0.25, 0.3) is 43.9 Å². The highest BCUT2D eigenvalue weighted by atomic mass is 32.2. The number of ether oxygens (including phenoxy) is 2. The van der Waals surface area contributed by atoms with Gasteiger partial charge in [-0.3, -0.25) is 0 Å². The summed E-state index contributed by atoms with van der Waals surface area (Å²) < 4.78 is 74.3. The molecule has 0 amide bonds. The maximum atomic E-state index is 13.8. The van der Waals surface area contributed by atoms with Crippen molar-refractivity contribution in [1.29, 1.82) is 10.5 Å². The first-order valence-electron chi connectivity index (χ1n) is 28.7. The van der Waals surface area contributed by atoms with Gasteiger partial charge in [-0.15, -0.1) is 0 Å². The largest absolute Gasteiger partial charge is 0.361 e. The Hall–Kier alpha value is -7.51. The third-order valence-electron chi connectivity index (χ3n) is 16.0. The van der Waals surface area contributed by atoms with E-state index in [2.05, 4.69) is 51.4 Å². The molecule has 4 aromatic heterocycles. The normalized spacial score (nSPS) is 13.8. The van der Waals surface area contributed by atoms with Crippen LogP contribution in [0, 0.1) is 64.2 Å². The Morgan fingerprint density at radius 3 is 1.33 bits per heavy atom. The Kier molecular flexibility index (Phi) is 17.3. The fraction of sp³-hybridized carbons (Fsp3) is 0.333. The lowest BCUT2D eigenvalue weighted by atomic mass is 9.85. The third kappa shape index (κ3) is 12.3. The summed E-state index contributed by atoms with van der Waals surface area (Å²) in [6.45, 7) is 31.0. The van der Waals surface area contributed by atoms with E-state index in [4.69, 9.17) is 30.9 Å². The van der Waals surface area contributed by atoms with E-state index in [1.54, 1.807) is 79.1 Å². The second kappa shape index (κ2) is 23.6. The first-order chi connectivity index (χ1) is 40.3. The average molecular weight is 1230 g/mol. The van der Waals surface area contributed by atoms with Gasteiger partial charge >= 0.3 is 0 Å². The Morgan fingerprint density at radius 1 is 0.512 bits per heavy atom. The number of fused-ring (bicyclic) bond motifs is 4. The molecule has 4 N–H and O–H groups in total. The smallest absolute Gasteiger partial charge is 0.268 e. The van der Waals surface area contributed by atoms with Crippen LogP contribution in [-0.4, -0.2) is 73.2 Å². The molecule has 16 nitrogen and oxygen atoms in total. The summed E-state index contributed by atoms with van der Waals surface area (Å²) in [5.41, 5.74) is 24.5. The molecule has 0 saturated carbocycles. The molecule has 0 radical (unpaired) electrons. The predicted octanol–water partition coefficient (Wildman–Crippen LogP) is 13.1. The summed E-state index contributed by atoms with van der Waals surface area (Å²) in [7, 11) is -10.3. The number of hydrogen-bond acceptors (Lipinski definition) is 12. The lowest BCUT2D eigenvalue weighted by Crippen LogP contribution is -2.39. The second-order valence-electron chi connectivity index (χ2n) is 25.6. The van der Waals surface area contributed by atoms with Crippen LogP contribution >= 0.6 is 0 Å². The lowest BCUT2D eigenvalue weighted by Gasteiger charge is -2.29. The fourth-order valence-electron chi connectivity index (χ4n) is 11.5. The second-order valence-corrected chi connectivity index (χ2v) is 40.5. The van der Waals surface area contributed by atoms with Gasteiger partial charge in [-0.05, 0) is 174 Å². The molecular formula is C66H78N10O6S2Si2. The first kappa shape index (κ1) is 63.0. The fourth-order valence-corrected chi connectivity index (χ4v) is 15.9. The highest BCUT2D eigenvalue weighted by molar-refractivity contribution is 7.90. The Bertz CT molecular complexity index is 4390. The SMILES string of the molecule is Cc1ccc(S(=O)(=O)n2ccc3c(C(C)(N)c4nc5cc(C#N)ccc5n4COCC[Si](C)(C)C)c(C)cc(C)c32)cc1.Cc1ccc(S(=O)(=O)n2ccc3c(C(C)(N)c4nc5ccc(C#N)cc5n4COCC[Si](C)(C)C)c(C)cc(C)c32)cc1. The van der Waals surface area contributed by atoms with Gasteiger partial charge in [0.2, 0.25) is 0 Å². The van der Waals surface area contributed by atoms with Gasteiger partial charge < -0.3 is 30.1 Å². The molecule has 0 bridgehead atoms. The van der Waals surface area contributed by atoms with Crippen molar-refractivity contribution in [3.8, 4) is 12.1 Å². The lowest BCUT2D eigenvalue weighted by molar-refractivity contribution is 0.0860. The molecule has 0 aliphatic carbocycles. The molecule has 20 heteroatoms. The Morgan fingerprint density at radius 2 is 0.907 bits per heavy atom. The molecule has 2 atom stereocenters. The van der Waals surface area contributed by atoms with Crippen LogP contribution < -0.4 is 11.5 Å². The zero-order valence-corrected chi connectivity index (χ0v) is 55.4. The van der Waals surface area contributed by atoms with E-state index in [1.165, 1.54) is 7.94 Å². The van der Waals surface area contributed by atoms with E-state index in [0.717, 1.165) is 78.4 Å². The van der Waals surface area contributed by atoms with Gasteiger partial charge in [-0.1, -0.05) is 86.8 Å². The highest BCUT2D eigenvalue weighted by Crippen LogP contribution is 2.41. The number of nitrogens with two attached hydrogens (primary N) is 2. The minimum Gasteiger partial charge on any atom is -0.361 e. The molecule has 2 unspecified atom stereocenters. The molecular weight excluding hydrogens is 1150 g/mol. The summed E-state index contributed by atoms with van der Waals surface area (Å²) in [5.74, 6) is 1.15. The van der Waals surface area contributed by atoms with Gasteiger partial charge in [0.15, 0.2) is 0 Å². The zero-order chi connectivity index (χ0) is 62.6. The summed E-state index contributed by atoms with van der Waals surface area (Å²) in [4.78, 5) is 10.4. The van der Waals surface area contributed by atoms with Gasteiger partial charge in [-0.25, -0.2) is 34.7 Å². The van der Waals surface area contributed by atoms with E-state index >= 15 is 0 Å². The standard InChI is InChI=1S/2C33H39N5O3SSi/c1-22-8-11-26(12-9-22)42(39,40)38-15-14-27-30(23(2)18-24(3)31(27)38)33(4,35)32-36-28-19-25(20-34)10-13-29(28)37(32)21-41-16-17-43(5,6)7;1-22-8-11-26(12-9-22)42(39,40)38-15-14-27-30(23(2)18-24(3)31(27)38)33(4,35)32-36-28-13-10-25(20-34)19-29(28)37(32)21-41-16-17-43(5,6)7/h2*8-15,18-19H,16-17,21,35H2,1-7H3. The van der Waals surface area contributed by atoms with Gasteiger partial charge in [0.25, 0.3) is 20.0 Å². The average Bonchev–Trinajstić information content (AvgIpc) is 1.54. The molecule has 0 aliphatic rings.